The molecule has 1 aliphatic heterocycles. The number of hydrogen-bond donors (Lipinski definition) is 1. The molecule has 0 radical (unpaired) electrons. The largest absolute Gasteiger partial charge is 0.493 e. The van der Waals surface area contributed by atoms with Crippen LogP contribution in [0.15, 0.2) is 30.3 Å². The van der Waals surface area contributed by atoms with Crippen molar-refractivity contribution in [2.75, 3.05) is 30.9 Å². The molecule has 0 aliphatic carbocycles. The Bertz CT molecular complexity index is 876. The second-order valence-corrected chi connectivity index (χ2v) is 6.46. The van der Waals surface area contributed by atoms with E-state index in [-0.39, 0.29) is 23.7 Å². The Kier molecular flexibility index (Phi) is 5.81. The van der Waals surface area contributed by atoms with Gasteiger partial charge in [0.2, 0.25) is 0 Å². The second-order valence-electron chi connectivity index (χ2n) is 6.46. The van der Waals surface area contributed by atoms with Crippen LogP contribution in [0.1, 0.15) is 17.5 Å². The third kappa shape index (κ3) is 4.08. The topological polar surface area (TPSA) is 90.9 Å². The number of benzene rings is 2. The lowest BCUT2D eigenvalue weighted by Gasteiger charge is -2.32. The van der Waals surface area contributed by atoms with E-state index in [9.17, 15) is 18.9 Å². The Balaban J connectivity index is 1.96. The molecular formula is C19H21F2N3O4. The third-order valence-electron chi connectivity index (χ3n) is 4.67. The molecule has 2 aromatic rings. The number of methoxy groups -OCH3 is 1. The van der Waals surface area contributed by atoms with E-state index in [0.717, 1.165) is 36.7 Å². The van der Waals surface area contributed by atoms with Crippen LogP contribution in [0.2, 0.25) is 0 Å². The number of hydrogen-bond acceptors (Lipinski definition) is 6. The zero-order valence-corrected chi connectivity index (χ0v) is 15.4. The van der Waals surface area contributed by atoms with Gasteiger partial charge in [-0.15, -0.1) is 0 Å². The highest BCUT2D eigenvalue weighted by atomic mass is 19.3. The zero-order chi connectivity index (χ0) is 20.3. The van der Waals surface area contributed by atoms with E-state index in [4.69, 9.17) is 15.2 Å². The first-order valence-corrected chi connectivity index (χ1v) is 8.79. The van der Waals surface area contributed by atoms with Gasteiger partial charge in [-0.25, -0.2) is 8.78 Å². The zero-order valence-electron chi connectivity index (χ0n) is 15.4. The van der Waals surface area contributed by atoms with Crippen LogP contribution in [0.4, 0.5) is 25.8 Å². The molecule has 1 aliphatic rings. The van der Waals surface area contributed by atoms with Crippen molar-refractivity contribution >= 4 is 17.1 Å². The number of nitro groups is 1. The highest BCUT2D eigenvalue weighted by Crippen LogP contribution is 2.38. The average molecular weight is 393 g/mol. The molecule has 0 saturated carbocycles. The van der Waals surface area contributed by atoms with Crippen molar-refractivity contribution in [1.82, 2.24) is 0 Å². The molecule has 3 rings (SSSR count). The Morgan fingerprint density at radius 3 is 2.79 bits per heavy atom. The van der Waals surface area contributed by atoms with Gasteiger partial charge in [-0.1, -0.05) is 6.07 Å². The van der Waals surface area contributed by atoms with E-state index in [0.29, 0.717) is 11.3 Å². The van der Waals surface area contributed by atoms with Gasteiger partial charge < -0.3 is 20.1 Å². The van der Waals surface area contributed by atoms with Gasteiger partial charge in [0.15, 0.2) is 11.5 Å². The van der Waals surface area contributed by atoms with Gasteiger partial charge in [-0.05, 0) is 36.6 Å². The molecule has 0 aromatic heterocycles. The minimum atomic E-state index is -2.70. The number of rotatable bonds is 7. The summed E-state index contributed by atoms with van der Waals surface area (Å²) in [5, 5.41) is 11.6. The van der Waals surface area contributed by atoms with Crippen molar-refractivity contribution in [3.63, 3.8) is 0 Å². The van der Waals surface area contributed by atoms with Gasteiger partial charge in [0.25, 0.3) is 12.1 Å². The molecule has 7 nitrogen and oxygen atoms in total. The fourth-order valence-corrected chi connectivity index (χ4v) is 3.41. The van der Waals surface area contributed by atoms with Crippen LogP contribution in [-0.2, 0) is 13.0 Å². The monoisotopic (exact) mass is 393 g/mol. The molecule has 1 heterocycles. The third-order valence-corrected chi connectivity index (χ3v) is 4.67. The molecule has 150 valence electrons. The summed E-state index contributed by atoms with van der Waals surface area (Å²) in [6.07, 6.45) is -0.967. The fraction of sp³-hybridized carbons (Fsp3) is 0.368. The Hall–Kier alpha value is -3.10. The van der Waals surface area contributed by atoms with Gasteiger partial charge in [0, 0.05) is 24.5 Å². The molecule has 0 fully saturated rings. The summed E-state index contributed by atoms with van der Waals surface area (Å²) in [7, 11) is 1.36. The number of fused-ring (bicyclic) bond motifs is 1. The molecule has 9 heteroatoms. The lowest BCUT2D eigenvalue weighted by molar-refractivity contribution is -0.385. The fourth-order valence-electron chi connectivity index (χ4n) is 3.41. The van der Waals surface area contributed by atoms with Gasteiger partial charge in [-0.3, -0.25) is 10.1 Å². The van der Waals surface area contributed by atoms with Crippen LogP contribution < -0.4 is 20.1 Å². The molecule has 0 unspecified atom stereocenters. The molecule has 0 spiro atoms. The van der Waals surface area contributed by atoms with Crippen LogP contribution in [0.5, 0.6) is 11.5 Å². The van der Waals surface area contributed by atoms with Gasteiger partial charge in [-0.2, -0.15) is 0 Å². The standard InChI is InChI=1S/C19H21F2N3O4/c1-27-17-8-12(16(24(25)26)9-18(17)28-11-19(20)21)10-23-7-3-4-13-14(22)5-2-6-15(13)23/h2,5-6,8-9,19H,3-4,7,10-11,22H2,1H3. The Labute approximate surface area is 160 Å². The van der Waals surface area contributed by atoms with Gasteiger partial charge >= 0.3 is 0 Å². The van der Waals surface area contributed by atoms with Crippen LogP contribution in [0, 0.1) is 10.1 Å². The number of nitrogens with two attached hydrogens (primary N) is 1. The molecular weight excluding hydrogens is 372 g/mol. The lowest BCUT2D eigenvalue weighted by atomic mass is 9.99. The molecule has 0 saturated heterocycles. The van der Waals surface area contributed by atoms with Crippen molar-refractivity contribution in [2.24, 2.45) is 0 Å². The van der Waals surface area contributed by atoms with Crippen LogP contribution >= 0.6 is 0 Å². The number of halogens is 2. The number of nitrogen functional groups attached to an aromatic ring is 1. The molecule has 2 N–H and O–H groups in total. The maximum absolute atomic E-state index is 12.5. The predicted octanol–water partition coefficient (Wildman–Crippen LogP) is 3.78. The maximum Gasteiger partial charge on any atom is 0.278 e. The van der Waals surface area contributed by atoms with E-state index in [1.165, 1.54) is 13.2 Å². The highest BCUT2D eigenvalue weighted by molar-refractivity contribution is 5.67. The number of nitrogens with zero attached hydrogens (tertiary/aromatic N) is 2. The second kappa shape index (κ2) is 8.28. The Morgan fingerprint density at radius 1 is 1.32 bits per heavy atom. The number of alkyl halides is 2. The number of anilines is 2. The smallest absolute Gasteiger partial charge is 0.278 e. The van der Waals surface area contributed by atoms with Crippen molar-refractivity contribution in [3.05, 3.63) is 51.6 Å². The summed E-state index contributed by atoms with van der Waals surface area (Å²) in [6, 6.07) is 8.24. The van der Waals surface area contributed by atoms with E-state index >= 15 is 0 Å². The molecule has 0 atom stereocenters. The van der Waals surface area contributed by atoms with Crippen LogP contribution in [0.3, 0.4) is 0 Å². The minimum absolute atomic E-state index is 0.0819. The van der Waals surface area contributed by atoms with E-state index in [2.05, 4.69) is 0 Å². The average Bonchev–Trinajstić information content (AvgIpc) is 2.67. The van der Waals surface area contributed by atoms with Crippen molar-refractivity contribution in [1.29, 1.82) is 0 Å². The quantitative estimate of drug-likeness (QED) is 0.437. The van der Waals surface area contributed by atoms with Crippen molar-refractivity contribution in [2.45, 2.75) is 25.8 Å². The first-order valence-electron chi connectivity index (χ1n) is 8.79. The summed E-state index contributed by atoms with van der Waals surface area (Å²) in [5.74, 6) is 0.0904. The lowest BCUT2D eigenvalue weighted by Crippen LogP contribution is -2.29. The number of ether oxygens (including phenoxy) is 2. The predicted molar refractivity (Wildman–Crippen MR) is 101 cm³/mol. The summed E-state index contributed by atoms with van der Waals surface area (Å²) < 4.78 is 35.1. The Morgan fingerprint density at radius 2 is 2.11 bits per heavy atom. The van der Waals surface area contributed by atoms with Gasteiger partial charge in [0.1, 0.15) is 6.61 Å². The van der Waals surface area contributed by atoms with E-state index in [1.54, 1.807) is 0 Å². The molecule has 0 amide bonds. The normalized spacial score (nSPS) is 13.4. The van der Waals surface area contributed by atoms with Crippen molar-refractivity contribution < 1.29 is 23.2 Å². The van der Waals surface area contributed by atoms with Crippen molar-refractivity contribution in [3.8, 4) is 11.5 Å². The summed E-state index contributed by atoms with van der Waals surface area (Å²) in [4.78, 5) is 13.1. The van der Waals surface area contributed by atoms with E-state index in [1.807, 2.05) is 23.1 Å². The van der Waals surface area contributed by atoms with Gasteiger partial charge in [0.05, 0.1) is 23.7 Å². The van der Waals surface area contributed by atoms with E-state index < -0.39 is 18.0 Å². The summed E-state index contributed by atoms with van der Waals surface area (Å²) >= 11 is 0. The minimum Gasteiger partial charge on any atom is -0.493 e. The molecule has 2 aromatic carbocycles. The molecule has 28 heavy (non-hydrogen) atoms. The highest BCUT2D eigenvalue weighted by Gasteiger charge is 2.25. The SMILES string of the molecule is COc1cc(CN2CCCc3c(N)cccc32)c([N+](=O)[O-])cc1OCC(F)F. The van der Waals surface area contributed by atoms with Crippen LogP contribution in [0.25, 0.3) is 0 Å². The van der Waals surface area contributed by atoms with Crippen LogP contribution in [-0.4, -0.2) is 31.6 Å². The first-order chi connectivity index (χ1) is 13.4. The maximum atomic E-state index is 12.5. The molecule has 0 bridgehead atoms. The number of nitro benzene ring substituents is 1. The summed E-state index contributed by atoms with van der Waals surface area (Å²) in [5.41, 5.74) is 8.93. The summed E-state index contributed by atoms with van der Waals surface area (Å²) in [6.45, 7) is 0.115. The first kappa shape index (κ1) is 19.7.